The van der Waals surface area contributed by atoms with E-state index < -0.39 is 0 Å². The van der Waals surface area contributed by atoms with Gasteiger partial charge in [-0.05, 0) is 113 Å². The molecule has 2 N–H and O–H groups in total. The van der Waals surface area contributed by atoms with E-state index in [4.69, 9.17) is 26.6 Å². The summed E-state index contributed by atoms with van der Waals surface area (Å²) in [7, 11) is 1.80. The van der Waals surface area contributed by atoms with E-state index in [0.717, 1.165) is 92.1 Å². The Kier molecular flexibility index (Phi) is 8.54. The smallest absolute Gasteiger partial charge is 0.221 e. The van der Waals surface area contributed by atoms with Crippen molar-refractivity contribution in [1.29, 1.82) is 0 Å². The first kappa shape index (κ1) is 26.0. The molecule has 2 aliphatic carbocycles. The lowest BCUT2D eigenvalue weighted by atomic mass is 9.67. The van der Waals surface area contributed by atoms with Crippen molar-refractivity contribution in [2.24, 2.45) is 29.4 Å². The van der Waals surface area contributed by atoms with Crippen LogP contribution in [0.1, 0.15) is 82.2 Å². The number of halogens is 1. The summed E-state index contributed by atoms with van der Waals surface area (Å²) in [5, 5.41) is 6.19. The first-order valence-electron chi connectivity index (χ1n) is 14.1. The number of hydrogen-bond acceptors (Lipinski definition) is 5. The number of rotatable bonds is 8. The molecule has 198 valence electrons. The molecule has 5 rings (SSSR count). The fourth-order valence-corrected chi connectivity index (χ4v) is 7.56. The topological polar surface area (TPSA) is 81.6 Å². The Labute approximate surface area is 220 Å². The van der Waals surface area contributed by atoms with Crippen LogP contribution in [0.4, 0.5) is 0 Å². The van der Waals surface area contributed by atoms with Gasteiger partial charge in [0.25, 0.3) is 0 Å². The zero-order valence-electron chi connectivity index (χ0n) is 21.7. The fraction of sp³-hybridized carbons (Fsp3) is 0.724. The Hall–Kier alpha value is -1.63. The molecule has 1 aromatic carbocycles. The molecule has 1 saturated heterocycles. The van der Waals surface area contributed by atoms with E-state index >= 15 is 0 Å². The molecule has 6 nitrogen and oxygen atoms in total. The van der Waals surface area contributed by atoms with Gasteiger partial charge in [0.15, 0.2) is 5.58 Å². The van der Waals surface area contributed by atoms with Crippen molar-refractivity contribution in [3.8, 4) is 0 Å². The predicted molar refractivity (Wildman–Crippen MR) is 143 cm³/mol. The van der Waals surface area contributed by atoms with Crippen molar-refractivity contribution < 1.29 is 14.1 Å². The van der Waals surface area contributed by atoms with Gasteiger partial charge < -0.3 is 19.9 Å². The number of amides is 1. The molecule has 1 amide bonds. The van der Waals surface area contributed by atoms with Crippen LogP contribution in [0.2, 0.25) is 5.02 Å². The molecule has 2 heterocycles. The Balaban J connectivity index is 1.05. The lowest BCUT2D eigenvalue weighted by Gasteiger charge is -2.39. The molecule has 7 heteroatoms. The summed E-state index contributed by atoms with van der Waals surface area (Å²) in [5.41, 5.74) is 7.85. The molecule has 1 aliphatic heterocycles. The van der Waals surface area contributed by atoms with Gasteiger partial charge in [0, 0.05) is 29.4 Å². The van der Waals surface area contributed by atoms with E-state index in [2.05, 4.69) is 10.1 Å². The van der Waals surface area contributed by atoms with Crippen molar-refractivity contribution in [1.82, 2.24) is 10.1 Å². The molecule has 2 aromatic rings. The number of fused-ring (bicyclic) bond motifs is 1. The zero-order valence-corrected chi connectivity index (χ0v) is 22.4. The van der Waals surface area contributed by atoms with Crippen LogP contribution in [0.3, 0.4) is 0 Å². The number of likely N-dealkylation sites (tertiary alicyclic amines) is 1. The SMILES string of the molecule is COC1CCC(C(C(N)=O)C2CCC(CCN3CCC(c4noc5ccc(Cl)cc45)CC3)CC2)CC1. The van der Waals surface area contributed by atoms with Gasteiger partial charge in [-0.15, -0.1) is 0 Å². The Bertz CT molecular complexity index is 1000. The van der Waals surface area contributed by atoms with Gasteiger partial charge in [0.2, 0.25) is 5.91 Å². The average Bonchev–Trinajstić information content (AvgIpc) is 3.32. The third-order valence-corrected chi connectivity index (χ3v) is 9.81. The number of aromatic nitrogens is 1. The molecule has 1 unspecified atom stereocenters. The maximum atomic E-state index is 12.4. The standard InChI is InChI=1S/C29H42ClN3O3/c1-35-24-9-6-21(7-10-24)27(29(31)34)20-4-2-19(3-5-20)12-15-33-16-13-22(14-17-33)28-25-18-23(30)8-11-26(25)36-32-28/h8,11,18-22,24,27H,2-7,9-10,12-17H2,1H3,(H2,31,34). The summed E-state index contributed by atoms with van der Waals surface area (Å²) in [6.07, 6.45) is 13.0. The number of primary amides is 1. The van der Waals surface area contributed by atoms with E-state index in [9.17, 15) is 4.79 Å². The van der Waals surface area contributed by atoms with E-state index in [1.54, 1.807) is 7.11 Å². The number of hydrogen-bond donors (Lipinski definition) is 1. The molecule has 0 bridgehead atoms. The van der Waals surface area contributed by atoms with Gasteiger partial charge in [0.1, 0.15) is 0 Å². The molecule has 1 aromatic heterocycles. The maximum Gasteiger partial charge on any atom is 0.221 e. The van der Waals surface area contributed by atoms with Gasteiger partial charge in [-0.1, -0.05) is 29.6 Å². The third-order valence-electron chi connectivity index (χ3n) is 9.58. The van der Waals surface area contributed by atoms with Crippen LogP contribution < -0.4 is 5.73 Å². The second kappa shape index (κ2) is 11.8. The van der Waals surface area contributed by atoms with Crippen LogP contribution in [-0.2, 0) is 9.53 Å². The summed E-state index contributed by atoms with van der Waals surface area (Å²) in [5.74, 6) is 2.15. The van der Waals surface area contributed by atoms with Crippen LogP contribution >= 0.6 is 11.6 Å². The lowest BCUT2D eigenvalue weighted by molar-refractivity contribution is -0.127. The monoisotopic (exact) mass is 515 g/mol. The van der Waals surface area contributed by atoms with Gasteiger partial charge in [-0.2, -0.15) is 0 Å². The Morgan fingerprint density at radius 3 is 2.39 bits per heavy atom. The number of nitrogens with two attached hydrogens (primary N) is 1. The van der Waals surface area contributed by atoms with Crippen LogP contribution in [0.5, 0.6) is 0 Å². The van der Waals surface area contributed by atoms with Crippen molar-refractivity contribution in [3.05, 3.63) is 28.9 Å². The van der Waals surface area contributed by atoms with Crippen molar-refractivity contribution in [2.45, 2.75) is 82.7 Å². The molecule has 3 aliphatic rings. The zero-order chi connectivity index (χ0) is 25.1. The number of methoxy groups -OCH3 is 1. The number of piperidine rings is 1. The summed E-state index contributed by atoms with van der Waals surface area (Å²) in [6, 6.07) is 5.75. The van der Waals surface area contributed by atoms with E-state index in [0.29, 0.717) is 23.9 Å². The second-order valence-corrected chi connectivity index (χ2v) is 12.0. The summed E-state index contributed by atoms with van der Waals surface area (Å²) >= 11 is 6.21. The van der Waals surface area contributed by atoms with Crippen molar-refractivity contribution >= 4 is 28.5 Å². The number of nitrogens with zero attached hydrogens (tertiary/aromatic N) is 2. The molecule has 3 fully saturated rings. The van der Waals surface area contributed by atoms with E-state index in [1.807, 2.05) is 18.2 Å². The summed E-state index contributed by atoms with van der Waals surface area (Å²) in [4.78, 5) is 15.1. The molecule has 0 spiro atoms. The third kappa shape index (κ3) is 5.92. The second-order valence-electron chi connectivity index (χ2n) is 11.6. The van der Waals surface area contributed by atoms with Gasteiger partial charge in [-0.3, -0.25) is 4.79 Å². The average molecular weight is 516 g/mol. The molecular formula is C29H42ClN3O3. The van der Waals surface area contributed by atoms with Crippen molar-refractivity contribution in [2.75, 3.05) is 26.7 Å². The highest BCUT2D eigenvalue weighted by molar-refractivity contribution is 6.31. The number of carbonyl (C=O) groups is 1. The van der Waals surface area contributed by atoms with Crippen molar-refractivity contribution in [3.63, 3.8) is 0 Å². The predicted octanol–water partition coefficient (Wildman–Crippen LogP) is 6.16. The summed E-state index contributed by atoms with van der Waals surface area (Å²) in [6.45, 7) is 3.40. The maximum absolute atomic E-state index is 12.4. The molecule has 2 saturated carbocycles. The number of ether oxygens (including phenoxy) is 1. The molecule has 36 heavy (non-hydrogen) atoms. The van der Waals surface area contributed by atoms with Crippen LogP contribution in [0.25, 0.3) is 11.0 Å². The highest BCUT2D eigenvalue weighted by atomic mass is 35.5. The quantitative estimate of drug-likeness (QED) is 0.455. The van der Waals surface area contributed by atoms with Crippen LogP contribution in [-0.4, -0.2) is 48.8 Å². The van der Waals surface area contributed by atoms with Gasteiger partial charge in [0.05, 0.1) is 11.8 Å². The highest BCUT2D eigenvalue weighted by Gasteiger charge is 2.38. The molecule has 0 radical (unpaired) electrons. The minimum absolute atomic E-state index is 0.0604. The van der Waals surface area contributed by atoms with E-state index in [1.165, 1.54) is 25.8 Å². The Morgan fingerprint density at radius 2 is 1.75 bits per heavy atom. The fourth-order valence-electron chi connectivity index (χ4n) is 7.39. The van der Waals surface area contributed by atoms with Crippen LogP contribution in [0, 0.1) is 23.7 Å². The first-order valence-corrected chi connectivity index (χ1v) is 14.5. The lowest BCUT2D eigenvalue weighted by Crippen LogP contribution is -2.40. The largest absolute Gasteiger partial charge is 0.381 e. The van der Waals surface area contributed by atoms with E-state index in [-0.39, 0.29) is 11.8 Å². The first-order chi connectivity index (χ1) is 17.5. The molecular weight excluding hydrogens is 474 g/mol. The summed E-state index contributed by atoms with van der Waals surface area (Å²) < 4.78 is 11.1. The van der Waals surface area contributed by atoms with Crippen LogP contribution in [0.15, 0.2) is 22.7 Å². The van der Waals surface area contributed by atoms with Gasteiger partial charge in [-0.25, -0.2) is 0 Å². The molecule has 1 atom stereocenters. The highest BCUT2D eigenvalue weighted by Crippen LogP contribution is 2.42. The van der Waals surface area contributed by atoms with Gasteiger partial charge >= 0.3 is 0 Å². The minimum Gasteiger partial charge on any atom is -0.381 e. The number of carbonyl (C=O) groups excluding carboxylic acids is 1. The number of benzene rings is 1. The minimum atomic E-state index is -0.0654. The Morgan fingerprint density at radius 1 is 1.08 bits per heavy atom. The normalized spacial score (nSPS) is 29.4.